The average Bonchev–Trinajstić information content (AvgIpc) is 0.721. The van der Waals surface area contributed by atoms with Gasteiger partial charge in [-0.3, -0.25) is 13.4 Å². The smallest absolute Gasteiger partial charge is 0.229 e. The van der Waals surface area contributed by atoms with Gasteiger partial charge in [0, 0.05) is 27.9 Å². The van der Waals surface area contributed by atoms with Crippen molar-refractivity contribution in [2.75, 3.05) is 53.0 Å². The van der Waals surface area contributed by atoms with E-state index in [0.717, 1.165) is 75.9 Å². The number of para-hydroxylation sites is 4. The van der Waals surface area contributed by atoms with Crippen molar-refractivity contribution >= 4 is 22.7 Å². The molecule has 2 aliphatic carbocycles. The summed E-state index contributed by atoms with van der Waals surface area (Å²) < 4.78 is 27.4. The van der Waals surface area contributed by atoms with E-state index < -0.39 is 0 Å². The van der Waals surface area contributed by atoms with Gasteiger partial charge in [0.15, 0.2) is 12.5 Å². The molecule has 2 saturated carbocycles. The maximum absolute atomic E-state index is 9.23. The van der Waals surface area contributed by atoms with E-state index in [0.29, 0.717) is 35.7 Å². The molecule has 8 aromatic rings. The van der Waals surface area contributed by atoms with E-state index >= 15 is 0 Å². The number of nitrogens with zero attached hydrogens (tertiary/aromatic N) is 5. The molecule has 0 amide bonds. The van der Waals surface area contributed by atoms with Crippen LogP contribution in [-0.4, -0.2) is 48.1 Å². The topological polar surface area (TPSA) is 64.0 Å². The highest BCUT2D eigenvalue weighted by molar-refractivity contribution is 5.61. The third-order valence-electron chi connectivity index (χ3n) is 23.5. The number of fused-ring (bicyclic) bond motifs is 6. The molecule has 3 unspecified atom stereocenters. The summed E-state index contributed by atoms with van der Waals surface area (Å²) in [6, 6.07) is 62.8. The Morgan fingerprint density at radius 3 is 1.56 bits per heavy atom. The summed E-state index contributed by atoms with van der Waals surface area (Å²) in [6.45, 7) is 36.2. The van der Waals surface area contributed by atoms with Gasteiger partial charge in [-0.05, 0) is 199 Å². The van der Waals surface area contributed by atoms with Crippen molar-refractivity contribution in [1.82, 2.24) is 13.4 Å². The van der Waals surface area contributed by atoms with E-state index in [4.69, 9.17) is 18.9 Å². The van der Waals surface area contributed by atoms with Gasteiger partial charge in [0.1, 0.15) is 59.0 Å². The summed E-state index contributed by atoms with van der Waals surface area (Å²) >= 11 is 0. The fourth-order valence-electron chi connectivity index (χ4n) is 16.3. The molecule has 9 heteroatoms. The zero-order chi connectivity index (χ0) is 68.6. The van der Waals surface area contributed by atoms with E-state index in [2.05, 4.69) is 262 Å². The number of benzene rings is 8. The first-order valence-corrected chi connectivity index (χ1v) is 35.7. The SMILES string of the molecule is CCC(C)(C)c1cc(C(C)(C)CC)c2c(c1)C(C)(C)[N+](C)(c1ccccc1)CO2.Cc1cc(C#N)c2c(c1)C[N+](C)(c1ccccc1)CO2.Cc1cc(C)c2c(c1)C(C)(C)N(c1ccccc1)CO2.Cc1cc2c(c(C34CCCC(CCC3)C4)c1)OC[N+](C)(c1ccccc1)C2. The predicted molar refractivity (Wildman–Crippen MR) is 400 cm³/mol. The molecule has 2 bridgehead atoms. The summed E-state index contributed by atoms with van der Waals surface area (Å²) in [5, 5.41) is 9.23. The van der Waals surface area contributed by atoms with Gasteiger partial charge in [0.25, 0.3) is 0 Å². The van der Waals surface area contributed by atoms with Crippen molar-refractivity contribution in [2.45, 2.75) is 195 Å². The van der Waals surface area contributed by atoms with Crippen LogP contribution >= 0.6 is 0 Å². The van der Waals surface area contributed by atoms with E-state index in [1.807, 2.05) is 37.3 Å². The van der Waals surface area contributed by atoms with Crippen molar-refractivity contribution in [3.63, 3.8) is 0 Å². The molecule has 2 fully saturated rings. The molecule has 6 aliphatic rings. The lowest BCUT2D eigenvalue weighted by Crippen LogP contribution is -2.62. The zero-order valence-corrected chi connectivity index (χ0v) is 61.2. The van der Waals surface area contributed by atoms with Crippen LogP contribution in [0.5, 0.6) is 23.0 Å². The lowest BCUT2D eigenvalue weighted by molar-refractivity contribution is 0.0361. The van der Waals surface area contributed by atoms with Crippen LogP contribution in [0.15, 0.2) is 170 Å². The van der Waals surface area contributed by atoms with Crippen LogP contribution in [0, 0.1) is 44.9 Å². The molecule has 9 nitrogen and oxygen atoms in total. The Kier molecular flexibility index (Phi) is 19.7. The first-order chi connectivity index (χ1) is 45.6. The highest BCUT2D eigenvalue weighted by atomic mass is 16.5. The minimum absolute atomic E-state index is 0.0769. The van der Waals surface area contributed by atoms with Crippen LogP contribution in [0.3, 0.4) is 0 Å². The fourth-order valence-corrected chi connectivity index (χ4v) is 16.3. The molecule has 8 aromatic carbocycles. The Hall–Kier alpha value is -7.87. The number of ether oxygens (including phenoxy) is 4. The van der Waals surface area contributed by atoms with Crippen LogP contribution in [-0.2, 0) is 40.4 Å². The molecular formula is C87H110N5O4+3. The van der Waals surface area contributed by atoms with Gasteiger partial charge in [0.2, 0.25) is 20.2 Å². The highest BCUT2D eigenvalue weighted by Crippen LogP contribution is 2.55. The lowest BCUT2D eigenvalue weighted by Gasteiger charge is -2.51. The third-order valence-corrected chi connectivity index (χ3v) is 23.5. The van der Waals surface area contributed by atoms with Crippen LogP contribution < -0.4 is 37.3 Å². The summed E-state index contributed by atoms with van der Waals surface area (Å²) in [7, 11) is 6.77. The monoisotopic (exact) mass is 1290 g/mol. The Morgan fingerprint density at radius 1 is 0.521 bits per heavy atom. The van der Waals surface area contributed by atoms with E-state index in [9.17, 15) is 5.26 Å². The maximum Gasteiger partial charge on any atom is 0.229 e. The molecule has 504 valence electrons. The van der Waals surface area contributed by atoms with Gasteiger partial charge < -0.3 is 23.8 Å². The molecule has 14 rings (SSSR count). The fraction of sp³-hybridized carbons (Fsp3) is 0.437. The Labute approximate surface area is 577 Å². The van der Waals surface area contributed by atoms with Gasteiger partial charge in [0.05, 0.1) is 43.4 Å². The first kappa shape index (κ1) is 69.5. The molecule has 3 atom stereocenters. The predicted octanol–water partition coefficient (Wildman–Crippen LogP) is 21.1. The normalized spacial score (nSPS) is 23.3. The third kappa shape index (κ3) is 13.5. The lowest BCUT2D eigenvalue weighted by atomic mass is 9.58. The molecule has 0 radical (unpaired) electrons. The van der Waals surface area contributed by atoms with Gasteiger partial charge in [-0.25, -0.2) is 0 Å². The largest absolute Gasteiger partial charge is 0.472 e. The molecule has 0 saturated heterocycles. The average molecular weight is 1290 g/mol. The Morgan fingerprint density at radius 2 is 1.01 bits per heavy atom. The Bertz CT molecular complexity index is 4090. The number of anilines is 1. The maximum atomic E-state index is 9.23. The number of hydrogen-bond acceptors (Lipinski definition) is 6. The van der Waals surface area contributed by atoms with E-state index in [-0.39, 0.29) is 21.9 Å². The molecule has 0 aromatic heterocycles. The van der Waals surface area contributed by atoms with Crippen molar-refractivity contribution in [3.8, 4) is 29.1 Å². The number of rotatable bonds is 9. The summed E-state index contributed by atoms with van der Waals surface area (Å²) in [4.78, 5) is 2.31. The summed E-state index contributed by atoms with van der Waals surface area (Å²) in [6.07, 6.45) is 12.0. The van der Waals surface area contributed by atoms with Crippen LogP contribution in [0.25, 0.3) is 0 Å². The molecule has 4 aliphatic heterocycles. The van der Waals surface area contributed by atoms with Crippen LogP contribution in [0.1, 0.15) is 194 Å². The van der Waals surface area contributed by atoms with Gasteiger partial charge in [-0.1, -0.05) is 175 Å². The second-order valence-corrected chi connectivity index (χ2v) is 32.0. The highest BCUT2D eigenvalue weighted by Gasteiger charge is 2.51. The molecule has 0 N–H and O–H groups in total. The number of hydrogen-bond donors (Lipinski definition) is 0. The van der Waals surface area contributed by atoms with Crippen LogP contribution in [0.4, 0.5) is 22.7 Å². The molecule has 0 spiro atoms. The second kappa shape index (κ2) is 27.2. The van der Waals surface area contributed by atoms with Gasteiger partial charge >= 0.3 is 0 Å². The quantitative estimate of drug-likeness (QED) is 0.134. The van der Waals surface area contributed by atoms with Crippen LogP contribution in [0.2, 0.25) is 0 Å². The summed E-state index contributed by atoms with van der Waals surface area (Å²) in [5.74, 6) is 5.09. The standard InChI is InChI=1S/C27H40NO.C25H32NO.C18H21NO.C17H17N2O/c1-10-25(3,4)20-17-22(26(5,6)11-2)24-23(18-20)27(7,8)28(9,19-29-24)21-15-13-12-14-16-21;1-19-14-21-17-26(2,22-10-4-3-5-11-22)18-27-24(21)23(15-19)25-12-6-8-20(16-25)9-7-13-25;1-13-10-14(2)17-16(11-13)18(3,4)19(12-20-17)15-8-6-5-7-9-15;1-13-8-14(10-18)17-15(9-13)11-19(2,12-20-17)16-6-4-3-5-7-16/h12-18H,10-11,19H2,1-9H3;3-5,10-11,14-15,20H,6-9,12-13,16-18H2,1-2H3;5-11H,12H2,1-4H3;3-9H,11-12H2,1-2H3/q2*+1;;+1. The minimum atomic E-state index is -0.104. The van der Waals surface area contributed by atoms with Crippen molar-refractivity contribution in [3.05, 3.63) is 237 Å². The number of quaternary nitrogens is 3. The molecule has 96 heavy (non-hydrogen) atoms. The summed E-state index contributed by atoms with van der Waals surface area (Å²) in [5.41, 5.74) is 20.6. The van der Waals surface area contributed by atoms with Crippen molar-refractivity contribution in [1.29, 1.82) is 5.26 Å². The van der Waals surface area contributed by atoms with E-state index in [1.54, 1.807) is 5.56 Å². The number of nitriles is 1. The zero-order valence-electron chi connectivity index (χ0n) is 61.2. The number of aryl methyl sites for hydroxylation is 4. The van der Waals surface area contributed by atoms with Gasteiger partial charge in [-0.2, -0.15) is 5.26 Å². The minimum Gasteiger partial charge on any atom is -0.472 e. The molecular weight excluding hydrogens is 1180 g/mol. The van der Waals surface area contributed by atoms with Crippen molar-refractivity contribution < 1.29 is 18.9 Å². The second-order valence-electron chi connectivity index (χ2n) is 32.0. The van der Waals surface area contributed by atoms with Gasteiger partial charge in [-0.15, -0.1) is 0 Å². The van der Waals surface area contributed by atoms with Crippen molar-refractivity contribution in [2.24, 2.45) is 5.92 Å². The van der Waals surface area contributed by atoms with E-state index in [1.165, 1.54) is 118 Å². The first-order valence-electron chi connectivity index (χ1n) is 35.7. The Balaban J connectivity index is 0.000000132. The molecule has 4 heterocycles.